The quantitative estimate of drug-likeness (QED) is 0.275. The molecular weight excluding hydrogens is 456 g/mol. The van der Waals surface area contributed by atoms with Crippen molar-refractivity contribution in [3.63, 3.8) is 0 Å². The fourth-order valence-corrected chi connectivity index (χ4v) is 3.21. The van der Waals surface area contributed by atoms with Crippen LogP contribution in [0.1, 0.15) is 18.1 Å². The minimum absolute atomic E-state index is 0.217. The second-order valence-corrected chi connectivity index (χ2v) is 8.10. The molecule has 36 heavy (non-hydrogen) atoms. The normalized spacial score (nSPS) is 11.2. The molecule has 184 valence electrons. The molecule has 0 aliphatic heterocycles. The molecule has 0 saturated heterocycles. The molecular formula is C29H28N2O5. The summed E-state index contributed by atoms with van der Waals surface area (Å²) >= 11 is 0. The Kier molecular flexibility index (Phi) is 8.75. The number of pyridine rings is 1. The maximum Gasteiger partial charge on any atom is 0.407 e. The number of hydrogen-bond acceptors (Lipinski definition) is 6. The van der Waals surface area contributed by atoms with Gasteiger partial charge < -0.3 is 24.3 Å². The van der Waals surface area contributed by atoms with Gasteiger partial charge in [-0.25, -0.2) is 9.78 Å². The van der Waals surface area contributed by atoms with Gasteiger partial charge in [0.25, 0.3) is 0 Å². The van der Waals surface area contributed by atoms with Crippen LogP contribution in [-0.4, -0.2) is 23.7 Å². The molecule has 0 bridgehead atoms. The number of rotatable bonds is 11. The molecule has 7 nitrogen and oxygen atoms in total. The second kappa shape index (κ2) is 12.8. The first kappa shape index (κ1) is 24.6. The first-order valence-corrected chi connectivity index (χ1v) is 11.6. The van der Waals surface area contributed by atoms with Crippen LogP contribution in [0.25, 0.3) is 0 Å². The number of carbonyl (C=O) groups excluding carboxylic acids is 1. The maximum atomic E-state index is 12.0. The highest BCUT2D eigenvalue weighted by atomic mass is 16.5. The van der Waals surface area contributed by atoms with Crippen molar-refractivity contribution in [2.45, 2.75) is 26.2 Å². The highest BCUT2D eigenvalue weighted by Crippen LogP contribution is 2.24. The van der Waals surface area contributed by atoms with Crippen molar-refractivity contribution in [3.8, 4) is 23.1 Å². The monoisotopic (exact) mass is 484 g/mol. The summed E-state index contributed by atoms with van der Waals surface area (Å²) in [7, 11) is 0. The molecule has 1 amide bonds. The Balaban J connectivity index is 1.17. The van der Waals surface area contributed by atoms with E-state index in [2.05, 4.69) is 10.3 Å². The molecule has 0 aliphatic rings. The molecule has 0 radical (unpaired) electrons. The van der Waals surface area contributed by atoms with E-state index in [-0.39, 0.29) is 19.3 Å². The van der Waals surface area contributed by atoms with E-state index in [1.807, 2.05) is 91.9 Å². The van der Waals surface area contributed by atoms with E-state index in [1.165, 1.54) is 0 Å². The van der Waals surface area contributed by atoms with Crippen LogP contribution in [-0.2, 0) is 18.0 Å². The minimum atomic E-state index is -0.492. The third-order valence-electron chi connectivity index (χ3n) is 5.08. The number of amides is 1. The van der Waals surface area contributed by atoms with Crippen LogP contribution in [0.5, 0.6) is 23.1 Å². The minimum Gasteiger partial charge on any atom is -0.490 e. The summed E-state index contributed by atoms with van der Waals surface area (Å²) in [6.45, 7) is 2.83. The van der Waals surface area contributed by atoms with E-state index in [1.54, 1.807) is 18.3 Å². The van der Waals surface area contributed by atoms with Gasteiger partial charge >= 0.3 is 6.09 Å². The number of alkyl carbamates (subject to hydrolysis) is 1. The third kappa shape index (κ3) is 8.06. The molecule has 0 fully saturated rings. The van der Waals surface area contributed by atoms with Gasteiger partial charge in [-0.05, 0) is 48.4 Å². The smallest absolute Gasteiger partial charge is 0.407 e. The molecule has 1 atom stereocenters. The van der Waals surface area contributed by atoms with Crippen LogP contribution in [0.15, 0.2) is 103 Å². The Labute approximate surface area is 210 Å². The van der Waals surface area contributed by atoms with E-state index in [9.17, 15) is 4.79 Å². The predicted octanol–water partition coefficient (Wildman–Crippen LogP) is 6.15. The standard InChI is InChI=1S/C29H28N2O5/c1-22(31-29(32)35-21-24-10-6-3-7-11-24)19-33-27-16-17-28(30-18-27)36-26-14-12-25(13-15-26)34-20-23-8-4-2-5-9-23/h2-18,22H,19-21H2,1H3,(H,31,32)/t22-/m0/s1. The summed E-state index contributed by atoms with van der Waals surface area (Å²) in [5, 5.41) is 2.75. The predicted molar refractivity (Wildman–Crippen MR) is 136 cm³/mol. The van der Waals surface area contributed by atoms with Crippen molar-refractivity contribution < 1.29 is 23.7 Å². The van der Waals surface area contributed by atoms with Crippen LogP contribution in [0.4, 0.5) is 4.79 Å². The summed E-state index contributed by atoms with van der Waals surface area (Å²) < 4.78 is 22.5. The van der Waals surface area contributed by atoms with Gasteiger partial charge in [0.05, 0.1) is 12.2 Å². The van der Waals surface area contributed by atoms with E-state index in [4.69, 9.17) is 18.9 Å². The summed E-state index contributed by atoms with van der Waals surface area (Å²) in [4.78, 5) is 16.2. The van der Waals surface area contributed by atoms with Crippen LogP contribution < -0.4 is 19.5 Å². The second-order valence-electron chi connectivity index (χ2n) is 8.10. The zero-order chi connectivity index (χ0) is 25.0. The van der Waals surface area contributed by atoms with E-state index >= 15 is 0 Å². The van der Waals surface area contributed by atoms with Crippen molar-refractivity contribution in [3.05, 3.63) is 114 Å². The summed E-state index contributed by atoms with van der Waals surface area (Å²) in [6, 6.07) is 30.1. The number of nitrogens with zero attached hydrogens (tertiary/aromatic N) is 1. The number of aromatic nitrogens is 1. The lowest BCUT2D eigenvalue weighted by atomic mass is 10.2. The number of benzene rings is 3. The van der Waals surface area contributed by atoms with Gasteiger partial charge in [-0.2, -0.15) is 0 Å². The molecule has 7 heteroatoms. The lowest BCUT2D eigenvalue weighted by Crippen LogP contribution is -2.37. The Morgan fingerprint density at radius 1 is 0.750 bits per heavy atom. The maximum absolute atomic E-state index is 12.0. The zero-order valence-electron chi connectivity index (χ0n) is 20.0. The van der Waals surface area contributed by atoms with Gasteiger partial charge in [0.1, 0.15) is 37.1 Å². The number of ether oxygens (including phenoxy) is 4. The van der Waals surface area contributed by atoms with Gasteiger partial charge in [0, 0.05) is 6.07 Å². The van der Waals surface area contributed by atoms with Crippen molar-refractivity contribution in [2.24, 2.45) is 0 Å². The molecule has 1 heterocycles. The number of carbonyl (C=O) groups is 1. The van der Waals surface area contributed by atoms with Crippen molar-refractivity contribution in [1.29, 1.82) is 0 Å². The molecule has 0 spiro atoms. The Bertz CT molecular complexity index is 1200. The SMILES string of the molecule is C[C@@H](COc1ccc(Oc2ccc(OCc3ccccc3)cc2)nc1)NC(=O)OCc1ccccc1. The Morgan fingerprint density at radius 3 is 2.00 bits per heavy atom. The fraction of sp³-hybridized carbons (Fsp3) is 0.172. The molecule has 1 aromatic heterocycles. The molecule has 3 aromatic carbocycles. The summed E-state index contributed by atoms with van der Waals surface area (Å²) in [5.74, 6) is 2.42. The molecule has 4 aromatic rings. The van der Waals surface area contributed by atoms with Gasteiger partial charge in [0.15, 0.2) is 0 Å². The molecule has 1 N–H and O–H groups in total. The highest BCUT2D eigenvalue weighted by Gasteiger charge is 2.10. The van der Waals surface area contributed by atoms with Crippen LogP contribution in [0.3, 0.4) is 0 Å². The summed E-state index contributed by atoms with van der Waals surface area (Å²) in [5.41, 5.74) is 2.04. The van der Waals surface area contributed by atoms with Crippen LogP contribution >= 0.6 is 0 Å². The molecule has 0 saturated carbocycles. The topological polar surface area (TPSA) is 78.9 Å². The van der Waals surface area contributed by atoms with Crippen molar-refractivity contribution in [1.82, 2.24) is 10.3 Å². The molecule has 0 unspecified atom stereocenters. The first-order chi connectivity index (χ1) is 17.6. The van der Waals surface area contributed by atoms with E-state index in [0.29, 0.717) is 24.0 Å². The Hall–Kier alpha value is -4.52. The van der Waals surface area contributed by atoms with Gasteiger partial charge in [-0.1, -0.05) is 60.7 Å². The lowest BCUT2D eigenvalue weighted by molar-refractivity contribution is 0.132. The van der Waals surface area contributed by atoms with Crippen molar-refractivity contribution >= 4 is 6.09 Å². The third-order valence-corrected chi connectivity index (χ3v) is 5.08. The first-order valence-electron chi connectivity index (χ1n) is 11.6. The van der Waals surface area contributed by atoms with Gasteiger partial charge in [-0.15, -0.1) is 0 Å². The van der Waals surface area contributed by atoms with Gasteiger partial charge in [0.2, 0.25) is 5.88 Å². The number of nitrogens with one attached hydrogen (secondary N) is 1. The largest absolute Gasteiger partial charge is 0.490 e. The summed E-state index contributed by atoms with van der Waals surface area (Å²) in [6.07, 6.45) is 1.08. The van der Waals surface area contributed by atoms with E-state index < -0.39 is 6.09 Å². The van der Waals surface area contributed by atoms with E-state index in [0.717, 1.165) is 16.9 Å². The van der Waals surface area contributed by atoms with Crippen LogP contribution in [0.2, 0.25) is 0 Å². The average molecular weight is 485 g/mol. The van der Waals surface area contributed by atoms with Crippen molar-refractivity contribution in [2.75, 3.05) is 6.61 Å². The lowest BCUT2D eigenvalue weighted by Gasteiger charge is -2.15. The average Bonchev–Trinajstić information content (AvgIpc) is 2.92. The van der Waals surface area contributed by atoms with Crippen LogP contribution in [0, 0.1) is 0 Å². The number of hydrogen-bond donors (Lipinski definition) is 1. The molecule has 4 rings (SSSR count). The zero-order valence-corrected chi connectivity index (χ0v) is 20.0. The fourth-order valence-electron chi connectivity index (χ4n) is 3.21. The highest BCUT2D eigenvalue weighted by molar-refractivity contribution is 5.67. The van der Waals surface area contributed by atoms with Gasteiger partial charge in [-0.3, -0.25) is 0 Å². The Morgan fingerprint density at radius 2 is 1.36 bits per heavy atom. The molecule has 0 aliphatic carbocycles.